The van der Waals surface area contributed by atoms with E-state index in [9.17, 15) is 9.59 Å². The number of rotatable bonds is 8. The van der Waals surface area contributed by atoms with E-state index in [0.29, 0.717) is 44.1 Å². The minimum atomic E-state index is -0.652. The number of hydrogen-bond donors (Lipinski definition) is 0. The minimum Gasteiger partial charge on any atom is -0.493 e. The zero-order valence-electron chi connectivity index (χ0n) is 20.1. The van der Waals surface area contributed by atoms with Crippen LogP contribution in [-0.2, 0) is 9.53 Å². The standard InChI is InChI=1S/C27H25BrN2O5S/c1-5-12-35-24-17(13-18(28)15-20(24)33-3)14-21-25(31)30-23(16-10-8-7-9-11-16)22(26(32)34-4)19(6-2)29-27(30)36-21/h5,7-11,13-15,23H,1,6,12H2,2-4H3/b21-14+/t23-/m0/s1. The monoisotopic (exact) mass is 568 g/mol. The summed E-state index contributed by atoms with van der Waals surface area (Å²) < 4.78 is 19.3. The van der Waals surface area contributed by atoms with Gasteiger partial charge in [-0.2, -0.15) is 0 Å². The second-order valence-corrected chi connectivity index (χ2v) is 9.75. The molecule has 0 spiro atoms. The highest BCUT2D eigenvalue weighted by Gasteiger charge is 2.33. The summed E-state index contributed by atoms with van der Waals surface area (Å²) in [6, 6.07) is 12.4. The summed E-state index contributed by atoms with van der Waals surface area (Å²) >= 11 is 4.76. The summed E-state index contributed by atoms with van der Waals surface area (Å²) in [6.45, 7) is 5.91. The van der Waals surface area contributed by atoms with Crippen molar-refractivity contribution in [1.29, 1.82) is 0 Å². The number of carbonyl (C=O) groups excluding carboxylic acids is 1. The molecule has 1 aromatic heterocycles. The zero-order chi connectivity index (χ0) is 25.8. The second-order valence-electron chi connectivity index (χ2n) is 7.82. The third-order valence-electron chi connectivity index (χ3n) is 5.67. The summed E-state index contributed by atoms with van der Waals surface area (Å²) in [5, 5.41) is 0. The van der Waals surface area contributed by atoms with Gasteiger partial charge >= 0.3 is 5.97 Å². The number of thiazole rings is 1. The number of halogens is 1. The van der Waals surface area contributed by atoms with Gasteiger partial charge in [-0.05, 0) is 30.2 Å². The van der Waals surface area contributed by atoms with E-state index in [1.54, 1.807) is 29.9 Å². The summed E-state index contributed by atoms with van der Waals surface area (Å²) in [6.07, 6.45) is 3.91. The Morgan fingerprint density at radius 2 is 2.00 bits per heavy atom. The molecule has 2 heterocycles. The van der Waals surface area contributed by atoms with Gasteiger partial charge in [-0.25, -0.2) is 9.79 Å². The molecule has 7 nitrogen and oxygen atoms in total. The SMILES string of the molecule is C=CCOc1c(/C=c2/sc3n(c2=O)[C@@H](c2ccccc2)C(C(=O)OC)=C(CC)N=3)cc(Br)cc1OC. The number of methoxy groups -OCH3 is 2. The molecule has 9 heteroatoms. The Morgan fingerprint density at radius 3 is 2.64 bits per heavy atom. The van der Waals surface area contributed by atoms with Gasteiger partial charge in [0.1, 0.15) is 6.61 Å². The van der Waals surface area contributed by atoms with Crippen LogP contribution in [0.1, 0.15) is 30.5 Å². The highest BCUT2D eigenvalue weighted by molar-refractivity contribution is 9.10. The molecule has 0 N–H and O–H groups in total. The normalized spacial score (nSPS) is 15.2. The van der Waals surface area contributed by atoms with Crippen LogP contribution in [0.3, 0.4) is 0 Å². The highest BCUT2D eigenvalue weighted by Crippen LogP contribution is 2.36. The Labute approximate surface area is 220 Å². The Kier molecular flexibility index (Phi) is 7.91. The lowest BCUT2D eigenvalue weighted by molar-refractivity contribution is -0.136. The predicted molar refractivity (Wildman–Crippen MR) is 143 cm³/mol. The first-order valence-electron chi connectivity index (χ1n) is 11.2. The fraction of sp³-hybridized carbons (Fsp3) is 0.222. The van der Waals surface area contributed by atoms with Crippen molar-refractivity contribution < 1.29 is 19.0 Å². The van der Waals surface area contributed by atoms with Gasteiger partial charge in [0.05, 0.1) is 36.1 Å². The molecule has 0 amide bonds. The maximum Gasteiger partial charge on any atom is 0.338 e. The number of nitrogens with zero attached hydrogens (tertiary/aromatic N) is 2. The molecule has 2 aromatic carbocycles. The van der Waals surface area contributed by atoms with Crippen LogP contribution in [0, 0.1) is 0 Å². The van der Waals surface area contributed by atoms with Crippen molar-refractivity contribution in [3.8, 4) is 11.5 Å². The first kappa shape index (κ1) is 25.7. The van der Waals surface area contributed by atoms with E-state index in [1.165, 1.54) is 18.4 Å². The van der Waals surface area contributed by atoms with Gasteiger partial charge in [-0.15, -0.1) is 0 Å². The number of hydrogen-bond acceptors (Lipinski definition) is 7. The number of ether oxygens (including phenoxy) is 3. The molecule has 0 fully saturated rings. The summed E-state index contributed by atoms with van der Waals surface area (Å²) in [5.74, 6) is 0.514. The molecule has 4 rings (SSSR count). The van der Waals surface area contributed by atoms with Gasteiger partial charge < -0.3 is 14.2 Å². The number of carbonyl (C=O) groups is 1. The van der Waals surface area contributed by atoms with Crippen molar-refractivity contribution >= 4 is 39.3 Å². The van der Waals surface area contributed by atoms with Crippen molar-refractivity contribution in [2.75, 3.05) is 20.8 Å². The Morgan fingerprint density at radius 1 is 1.25 bits per heavy atom. The first-order valence-corrected chi connectivity index (χ1v) is 12.8. The van der Waals surface area contributed by atoms with Crippen LogP contribution in [0.4, 0.5) is 0 Å². The summed E-state index contributed by atoms with van der Waals surface area (Å²) in [4.78, 5) is 31.9. The van der Waals surface area contributed by atoms with Crippen LogP contribution in [0.2, 0.25) is 0 Å². The highest BCUT2D eigenvalue weighted by atomic mass is 79.9. The smallest absolute Gasteiger partial charge is 0.338 e. The summed E-state index contributed by atoms with van der Waals surface area (Å²) in [7, 11) is 2.89. The molecule has 3 aromatic rings. The Bertz CT molecular complexity index is 1520. The molecule has 0 aliphatic carbocycles. The minimum absolute atomic E-state index is 0.266. The average molecular weight is 569 g/mol. The largest absolute Gasteiger partial charge is 0.493 e. The van der Waals surface area contributed by atoms with Gasteiger partial charge in [0, 0.05) is 10.0 Å². The van der Waals surface area contributed by atoms with Crippen molar-refractivity contribution in [2.24, 2.45) is 4.99 Å². The van der Waals surface area contributed by atoms with E-state index in [2.05, 4.69) is 22.5 Å². The number of fused-ring (bicyclic) bond motifs is 1. The lowest BCUT2D eigenvalue weighted by Crippen LogP contribution is -2.40. The number of esters is 1. The van der Waals surface area contributed by atoms with Crippen LogP contribution in [0.25, 0.3) is 6.08 Å². The van der Waals surface area contributed by atoms with Crippen LogP contribution in [0.5, 0.6) is 11.5 Å². The molecular weight excluding hydrogens is 544 g/mol. The van der Waals surface area contributed by atoms with E-state index in [1.807, 2.05) is 43.3 Å². The van der Waals surface area contributed by atoms with E-state index < -0.39 is 12.0 Å². The van der Waals surface area contributed by atoms with E-state index in [4.69, 9.17) is 19.2 Å². The van der Waals surface area contributed by atoms with Gasteiger partial charge in [0.2, 0.25) is 0 Å². The van der Waals surface area contributed by atoms with Crippen LogP contribution in [-0.4, -0.2) is 31.4 Å². The molecule has 1 aliphatic heterocycles. The van der Waals surface area contributed by atoms with Crippen molar-refractivity contribution in [1.82, 2.24) is 4.57 Å². The molecule has 0 saturated heterocycles. The van der Waals surface area contributed by atoms with Crippen LogP contribution in [0.15, 0.2) is 80.6 Å². The Hall–Kier alpha value is -3.43. The number of benzene rings is 2. The van der Waals surface area contributed by atoms with Crippen molar-refractivity contribution in [3.63, 3.8) is 0 Å². The van der Waals surface area contributed by atoms with Gasteiger partial charge in [-0.1, -0.05) is 77.2 Å². The van der Waals surface area contributed by atoms with Crippen LogP contribution < -0.4 is 24.4 Å². The molecule has 186 valence electrons. The van der Waals surface area contributed by atoms with E-state index in [0.717, 1.165) is 10.0 Å². The fourth-order valence-electron chi connectivity index (χ4n) is 4.10. The van der Waals surface area contributed by atoms with Crippen molar-refractivity contribution in [3.05, 3.63) is 102 Å². The summed E-state index contributed by atoms with van der Waals surface area (Å²) in [5.41, 5.74) is 2.16. The maximum atomic E-state index is 13.8. The lowest BCUT2D eigenvalue weighted by Gasteiger charge is -2.25. The quantitative estimate of drug-likeness (QED) is 0.301. The molecule has 36 heavy (non-hydrogen) atoms. The first-order chi connectivity index (χ1) is 17.4. The molecule has 0 unspecified atom stereocenters. The average Bonchev–Trinajstić information content (AvgIpc) is 3.21. The third-order valence-corrected chi connectivity index (χ3v) is 7.11. The maximum absolute atomic E-state index is 13.8. The second kappa shape index (κ2) is 11.1. The molecule has 1 aliphatic rings. The van der Waals surface area contributed by atoms with E-state index >= 15 is 0 Å². The van der Waals surface area contributed by atoms with Gasteiger partial charge in [0.25, 0.3) is 5.56 Å². The van der Waals surface area contributed by atoms with Gasteiger partial charge in [-0.3, -0.25) is 9.36 Å². The lowest BCUT2D eigenvalue weighted by atomic mass is 9.95. The topological polar surface area (TPSA) is 79.1 Å². The third kappa shape index (κ3) is 4.81. The molecule has 0 radical (unpaired) electrons. The molecular formula is C27H25BrN2O5S. The molecule has 1 atom stereocenters. The number of aromatic nitrogens is 1. The predicted octanol–water partition coefficient (Wildman–Crippen LogP) is 4.13. The van der Waals surface area contributed by atoms with Crippen LogP contribution >= 0.6 is 27.3 Å². The zero-order valence-corrected chi connectivity index (χ0v) is 22.5. The Balaban J connectivity index is 2.00. The molecule has 0 saturated carbocycles. The number of allylic oxidation sites excluding steroid dienone is 1. The fourth-order valence-corrected chi connectivity index (χ4v) is 5.57. The van der Waals surface area contributed by atoms with Gasteiger partial charge in [0.15, 0.2) is 16.3 Å². The molecule has 0 bridgehead atoms. The van der Waals surface area contributed by atoms with E-state index in [-0.39, 0.29) is 12.2 Å². The van der Waals surface area contributed by atoms with Crippen molar-refractivity contribution in [2.45, 2.75) is 19.4 Å².